The molecule has 0 saturated carbocycles. The van der Waals surface area contributed by atoms with Crippen molar-refractivity contribution < 1.29 is 9.47 Å². The third kappa shape index (κ3) is 2.61. The summed E-state index contributed by atoms with van der Waals surface area (Å²) in [6, 6.07) is 5.79. The molecular formula is C10H16N2O2. The first-order valence-corrected chi connectivity index (χ1v) is 4.43. The van der Waals surface area contributed by atoms with Crippen molar-refractivity contribution in [3.05, 3.63) is 23.8 Å². The fourth-order valence-electron chi connectivity index (χ4n) is 1.21. The molecule has 4 nitrogen and oxygen atoms in total. The maximum absolute atomic E-state index is 5.34. The zero-order valence-corrected chi connectivity index (χ0v) is 8.54. The summed E-state index contributed by atoms with van der Waals surface area (Å²) < 4.78 is 10.3. The van der Waals surface area contributed by atoms with Crippen LogP contribution in [0.5, 0.6) is 11.5 Å². The standard InChI is InChI=1S/C10H16N2O2/c1-13-9-4-3-8(6-12-7-11)5-10(9)14-2/h3-5,12H,6-7,11H2,1-2H3. The van der Waals surface area contributed by atoms with Crippen LogP contribution in [0.4, 0.5) is 0 Å². The molecule has 0 aliphatic carbocycles. The molecule has 0 spiro atoms. The Morgan fingerprint density at radius 1 is 1.21 bits per heavy atom. The first-order chi connectivity index (χ1) is 6.81. The molecule has 3 N–H and O–H groups in total. The van der Waals surface area contributed by atoms with Crippen molar-refractivity contribution >= 4 is 0 Å². The number of methoxy groups -OCH3 is 2. The van der Waals surface area contributed by atoms with E-state index in [4.69, 9.17) is 15.2 Å². The topological polar surface area (TPSA) is 56.5 Å². The van der Waals surface area contributed by atoms with Crippen LogP contribution in [0.3, 0.4) is 0 Å². The smallest absolute Gasteiger partial charge is 0.161 e. The highest BCUT2D eigenvalue weighted by atomic mass is 16.5. The molecule has 1 aromatic carbocycles. The van der Waals surface area contributed by atoms with E-state index < -0.39 is 0 Å². The lowest BCUT2D eigenvalue weighted by Crippen LogP contribution is -2.21. The first kappa shape index (κ1) is 10.8. The largest absolute Gasteiger partial charge is 0.493 e. The van der Waals surface area contributed by atoms with Gasteiger partial charge < -0.3 is 20.5 Å². The zero-order chi connectivity index (χ0) is 10.4. The minimum Gasteiger partial charge on any atom is -0.493 e. The molecule has 0 fully saturated rings. The summed E-state index contributed by atoms with van der Waals surface area (Å²) >= 11 is 0. The predicted molar refractivity (Wildman–Crippen MR) is 55.4 cm³/mol. The van der Waals surface area contributed by atoms with Gasteiger partial charge >= 0.3 is 0 Å². The van der Waals surface area contributed by atoms with Gasteiger partial charge in [0.15, 0.2) is 11.5 Å². The van der Waals surface area contributed by atoms with E-state index in [1.807, 2.05) is 18.2 Å². The number of hydrogen-bond acceptors (Lipinski definition) is 4. The van der Waals surface area contributed by atoms with Gasteiger partial charge in [-0.15, -0.1) is 0 Å². The normalized spacial score (nSPS) is 9.93. The minimum absolute atomic E-state index is 0.467. The van der Waals surface area contributed by atoms with E-state index in [2.05, 4.69) is 5.32 Å². The van der Waals surface area contributed by atoms with E-state index in [0.29, 0.717) is 6.67 Å². The molecule has 0 bridgehead atoms. The molecule has 4 heteroatoms. The molecule has 0 heterocycles. The summed E-state index contributed by atoms with van der Waals surface area (Å²) in [5.74, 6) is 1.48. The van der Waals surface area contributed by atoms with Crippen molar-refractivity contribution in [2.75, 3.05) is 20.9 Å². The summed E-state index contributed by atoms with van der Waals surface area (Å²) in [5.41, 5.74) is 6.45. The SMILES string of the molecule is COc1ccc(CNCN)cc1OC. The predicted octanol–water partition coefficient (Wildman–Crippen LogP) is 0.710. The van der Waals surface area contributed by atoms with Gasteiger partial charge in [-0.2, -0.15) is 0 Å². The van der Waals surface area contributed by atoms with Gasteiger partial charge in [-0.1, -0.05) is 6.07 Å². The molecule has 0 amide bonds. The lowest BCUT2D eigenvalue weighted by atomic mass is 10.2. The molecule has 0 radical (unpaired) electrons. The van der Waals surface area contributed by atoms with Crippen LogP contribution in [0.1, 0.15) is 5.56 Å². The quantitative estimate of drug-likeness (QED) is 0.681. The molecule has 78 valence electrons. The monoisotopic (exact) mass is 196 g/mol. The second-order valence-electron chi connectivity index (χ2n) is 2.82. The lowest BCUT2D eigenvalue weighted by molar-refractivity contribution is 0.354. The van der Waals surface area contributed by atoms with Gasteiger partial charge in [0.25, 0.3) is 0 Å². The van der Waals surface area contributed by atoms with E-state index in [9.17, 15) is 0 Å². The second-order valence-corrected chi connectivity index (χ2v) is 2.82. The second kappa shape index (κ2) is 5.47. The molecule has 14 heavy (non-hydrogen) atoms. The number of nitrogens with two attached hydrogens (primary N) is 1. The van der Waals surface area contributed by atoms with Gasteiger partial charge in [-0.25, -0.2) is 0 Å². The number of rotatable bonds is 5. The van der Waals surface area contributed by atoms with Crippen LogP contribution in [-0.4, -0.2) is 20.9 Å². The highest BCUT2D eigenvalue weighted by Gasteiger charge is 2.03. The van der Waals surface area contributed by atoms with Crippen molar-refractivity contribution in [3.8, 4) is 11.5 Å². The Hall–Kier alpha value is -1.26. The highest BCUT2D eigenvalue weighted by Crippen LogP contribution is 2.27. The van der Waals surface area contributed by atoms with Crippen LogP contribution in [0.2, 0.25) is 0 Å². The molecule has 1 aromatic rings. The third-order valence-corrected chi connectivity index (χ3v) is 1.92. The Balaban J connectivity index is 2.79. The van der Waals surface area contributed by atoms with Gasteiger partial charge in [0.05, 0.1) is 14.2 Å². The van der Waals surface area contributed by atoms with Crippen LogP contribution < -0.4 is 20.5 Å². The summed E-state index contributed by atoms with van der Waals surface area (Å²) in [7, 11) is 3.24. The van der Waals surface area contributed by atoms with Crippen molar-refractivity contribution in [1.29, 1.82) is 0 Å². The van der Waals surface area contributed by atoms with Crippen LogP contribution >= 0.6 is 0 Å². The van der Waals surface area contributed by atoms with Crippen LogP contribution in [-0.2, 0) is 6.54 Å². The van der Waals surface area contributed by atoms with Crippen LogP contribution in [0.15, 0.2) is 18.2 Å². The zero-order valence-electron chi connectivity index (χ0n) is 8.54. The van der Waals surface area contributed by atoms with E-state index >= 15 is 0 Å². The third-order valence-electron chi connectivity index (χ3n) is 1.92. The van der Waals surface area contributed by atoms with E-state index in [0.717, 1.165) is 23.6 Å². The Bertz CT molecular complexity index is 289. The maximum atomic E-state index is 5.34. The molecule has 0 unspecified atom stereocenters. The fraction of sp³-hybridized carbons (Fsp3) is 0.400. The molecule has 1 rings (SSSR count). The Morgan fingerprint density at radius 3 is 2.50 bits per heavy atom. The lowest BCUT2D eigenvalue weighted by Gasteiger charge is -2.09. The van der Waals surface area contributed by atoms with Gasteiger partial charge in [0, 0.05) is 13.2 Å². The maximum Gasteiger partial charge on any atom is 0.161 e. The molecule has 0 atom stereocenters. The van der Waals surface area contributed by atoms with Gasteiger partial charge in [0.2, 0.25) is 0 Å². The molecular weight excluding hydrogens is 180 g/mol. The fourth-order valence-corrected chi connectivity index (χ4v) is 1.21. The van der Waals surface area contributed by atoms with E-state index in [1.165, 1.54) is 0 Å². The first-order valence-electron chi connectivity index (χ1n) is 4.43. The van der Waals surface area contributed by atoms with Crippen molar-refractivity contribution in [1.82, 2.24) is 5.32 Å². The Kier molecular flexibility index (Phi) is 4.22. The molecule has 0 saturated heterocycles. The van der Waals surface area contributed by atoms with Crippen molar-refractivity contribution in [2.24, 2.45) is 5.73 Å². The average Bonchev–Trinajstić information content (AvgIpc) is 2.25. The summed E-state index contributed by atoms with van der Waals surface area (Å²) in [6.45, 7) is 1.20. The Labute approximate surface area is 84.0 Å². The van der Waals surface area contributed by atoms with Gasteiger partial charge in [0.1, 0.15) is 0 Å². The summed E-state index contributed by atoms with van der Waals surface area (Å²) in [5, 5.41) is 3.03. The number of benzene rings is 1. The molecule has 0 aliphatic heterocycles. The van der Waals surface area contributed by atoms with E-state index in [1.54, 1.807) is 14.2 Å². The van der Waals surface area contributed by atoms with Crippen LogP contribution in [0.25, 0.3) is 0 Å². The van der Waals surface area contributed by atoms with Crippen molar-refractivity contribution in [3.63, 3.8) is 0 Å². The van der Waals surface area contributed by atoms with Gasteiger partial charge in [-0.05, 0) is 17.7 Å². The number of hydrogen-bond donors (Lipinski definition) is 2. The number of nitrogens with one attached hydrogen (secondary N) is 1. The minimum atomic E-state index is 0.467. The van der Waals surface area contributed by atoms with Crippen LogP contribution in [0, 0.1) is 0 Å². The summed E-state index contributed by atoms with van der Waals surface area (Å²) in [6.07, 6.45) is 0. The Morgan fingerprint density at radius 2 is 1.93 bits per heavy atom. The number of ether oxygens (including phenoxy) is 2. The molecule has 0 aliphatic rings. The summed E-state index contributed by atoms with van der Waals surface area (Å²) in [4.78, 5) is 0. The highest BCUT2D eigenvalue weighted by molar-refractivity contribution is 5.42. The average molecular weight is 196 g/mol. The molecule has 0 aromatic heterocycles. The van der Waals surface area contributed by atoms with Gasteiger partial charge in [-0.3, -0.25) is 0 Å². The van der Waals surface area contributed by atoms with E-state index in [-0.39, 0.29) is 0 Å². The van der Waals surface area contributed by atoms with Crippen molar-refractivity contribution in [2.45, 2.75) is 6.54 Å².